The van der Waals surface area contributed by atoms with Crippen molar-refractivity contribution >= 4 is 5.96 Å². The average Bonchev–Trinajstić information content (AvgIpc) is 3.06. The fourth-order valence-corrected chi connectivity index (χ4v) is 2.84. The fraction of sp³-hybridized carbons (Fsp3) is 0.632. The van der Waals surface area contributed by atoms with E-state index in [1.54, 1.807) is 12.1 Å². The zero-order valence-electron chi connectivity index (χ0n) is 15.1. The highest BCUT2D eigenvalue weighted by atomic mass is 19.1. The molecule has 134 valence electrons. The Kier molecular flexibility index (Phi) is 7.03. The molecule has 0 spiro atoms. The van der Waals surface area contributed by atoms with Gasteiger partial charge in [0.25, 0.3) is 0 Å². The number of rotatable bonds is 7. The van der Waals surface area contributed by atoms with Gasteiger partial charge in [-0.2, -0.15) is 0 Å². The molecule has 0 radical (unpaired) electrons. The molecule has 1 aromatic carbocycles. The molecule has 0 aliphatic carbocycles. The fourth-order valence-electron chi connectivity index (χ4n) is 2.84. The Morgan fingerprint density at radius 2 is 2.21 bits per heavy atom. The van der Waals surface area contributed by atoms with Crippen LogP contribution in [0, 0.1) is 5.82 Å². The van der Waals surface area contributed by atoms with Crippen LogP contribution >= 0.6 is 0 Å². The van der Waals surface area contributed by atoms with E-state index in [0.29, 0.717) is 12.6 Å². The van der Waals surface area contributed by atoms with Crippen molar-refractivity contribution in [3.8, 4) is 0 Å². The molecule has 4 nitrogen and oxygen atoms in total. The maximum atomic E-state index is 13.5. The highest BCUT2D eigenvalue weighted by molar-refractivity contribution is 5.79. The van der Waals surface area contributed by atoms with Crippen LogP contribution < -0.4 is 10.6 Å². The van der Waals surface area contributed by atoms with Crippen molar-refractivity contribution in [1.29, 1.82) is 0 Å². The first-order valence-corrected chi connectivity index (χ1v) is 8.91. The number of halogens is 1. The second-order valence-electron chi connectivity index (χ2n) is 6.94. The number of aliphatic imine (C=N–C) groups is 1. The second kappa shape index (κ2) is 9.02. The van der Waals surface area contributed by atoms with Crippen molar-refractivity contribution in [2.24, 2.45) is 4.99 Å². The molecular weight excluding hydrogens is 305 g/mol. The van der Waals surface area contributed by atoms with Crippen LogP contribution in [0.1, 0.15) is 45.6 Å². The Labute approximate surface area is 144 Å². The van der Waals surface area contributed by atoms with Crippen molar-refractivity contribution in [3.63, 3.8) is 0 Å². The van der Waals surface area contributed by atoms with Gasteiger partial charge in [0.05, 0.1) is 12.6 Å². The molecule has 2 rings (SSSR count). The number of guanidine groups is 1. The molecule has 1 heterocycles. The monoisotopic (exact) mass is 335 g/mol. The normalized spacial score (nSPS) is 18.7. The Hall–Kier alpha value is -1.62. The molecule has 1 aromatic rings. The minimum absolute atomic E-state index is 0.203. The van der Waals surface area contributed by atoms with E-state index in [4.69, 9.17) is 4.74 Å². The summed E-state index contributed by atoms with van der Waals surface area (Å²) in [5, 5.41) is 6.64. The van der Waals surface area contributed by atoms with Crippen LogP contribution in [0.2, 0.25) is 0 Å². The van der Waals surface area contributed by atoms with Gasteiger partial charge in [0.1, 0.15) is 5.82 Å². The summed E-state index contributed by atoms with van der Waals surface area (Å²) in [6, 6.07) is 6.77. The number of ether oxygens (including phenoxy) is 1. The van der Waals surface area contributed by atoms with Gasteiger partial charge >= 0.3 is 0 Å². The van der Waals surface area contributed by atoms with Gasteiger partial charge in [-0.25, -0.2) is 4.39 Å². The predicted molar refractivity (Wildman–Crippen MR) is 97.0 cm³/mol. The number of benzene rings is 1. The third-order valence-corrected chi connectivity index (χ3v) is 4.37. The largest absolute Gasteiger partial charge is 0.378 e. The molecule has 0 aromatic heterocycles. The lowest BCUT2D eigenvalue weighted by molar-refractivity contribution is 0.105. The molecule has 1 aliphatic heterocycles. The van der Waals surface area contributed by atoms with E-state index in [2.05, 4.69) is 36.4 Å². The van der Waals surface area contributed by atoms with Crippen LogP contribution in [0.5, 0.6) is 0 Å². The molecule has 1 fully saturated rings. The van der Waals surface area contributed by atoms with Gasteiger partial charge in [-0.15, -0.1) is 0 Å². The van der Waals surface area contributed by atoms with Gasteiger partial charge in [0, 0.05) is 25.1 Å². The SMILES string of the molecule is CCNC(=NCC(C)(C)c1cccc(F)c1)NCCC1CCCO1. The summed E-state index contributed by atoms with van der Waals surface area (Å²) in [5.41, 5.74) is 0.736. The van der Waals surface area contributed by atoms with E-state index in [1.165, 1.54) is 12.5 Å². The lowest BCUT2D eigenvalue weighted by atomic mass is 9.85. The van der Waals surface area contributed by atoms with Crippen LogP contribution in [0.3, 0.4) is 0 Å². The van der Waals surface area contributed by atoms with E-state index in [1.807, 2.05) is 6.07 Å². The maximum Gasteiger partial charge on any atom is 0.191 e. The van der Waals surface area contributed by atoms with Gasteiger partial charge in [-0.3, -0.25) is 4.99 Å². The van der Waals surface area contributed by atoms with Crippen LogP contribution in [-0.4, -0.2) is 38.3 Å². The van der Waals surface area contributed by atoms with Crippen LogP contribution in [0.25, 0.3) is 0 Å². The predicted octanol–water partition coefficient (Wildman–Crippen LogP) is 3.23. The Morgan fingerprint density at radius 3 is 2.88 bits per heavy atom. The van der Waals surface area contributed by atoms with Crippen LogP contribution in [-0.2, 0) is 10.2 Å². The molecule has 1 aliphatic rings. The summed E-state index contributed by atoms with van der Waals surface area (Å²) in [6.07, 6.45) is 3.70. The third-order valence-electron chi connectivity index (χ3n) is 4.37. The van der Waals surface area contributed by atoms with Crippen molar-refractivity contribution in [2.45, 2.75) is 51.6 Å². The molecule has 0 saturated carbocycles. The highest BCUT2D eigenvalue weighted by Gasteiger charge is 2.21. The van der Waals surface area contributed by atoms with Crippen LogP contribution in [0.4, 0.5) is 4.39 Å². The molecule has 0 amide bonds. The van der Waals surface area contributed by atoms with Gasteiger partial charge in [0.2, 0.25) is 0 Å². The quantitative estimate of drug-likeness (QED) is 0.594. The first-order valence-electron chi connectivity index (χ1n) is 8.91. The molecule has 24 heavy (non-hydrogen) atoms. The number of nitrogens with one attached hydrogen (secondary N) is 2. The van der Waals surface area contributed by atoms with E-state index < -0.39 is 0 Å². The first kappa shape index (κ1) is 18.7. The van der Waals surface area contributed by atoms with E-state index in [-0.39, 0.29) is 11.2 Å². The summed E-state index contributed by atoms with van der Waals surface area (Å²) >= 11 is 0. The molecule has 2 N–H and O–H groups in total. The highest BCUT2D eigenvalue weighted by Crippen LogP contribution is 2.24. The van der Waals surface area contributed by atoms with E-state index in [0.717, 1.165) is 44.1 Å². The van der Waals surface area contributed by atoms with Crippen molar-refractivity contribution < 1.29 is 9.13 Å². The first-order chi connectivity index (χ1) is 11.5. The van der Waals surface area contributed by atoms with Gasteiger partial charge in [0.15, 0.2) is 5.96 Å². The number of nitrogens with zero attached hydrogens (tertiary/aromatic N) is 1. The smallest absolute Gasteiger partial charge is 0.191 e. The topological polar surface area (TPSA) is 45.7 Å². The van der Waals surface area contributed by atoms with Gasteiger partial charge < -0.3 is 15.4 Å². The summed E-state index contributed by atoms with van der Waals surface area (Å²) < 4.78 is 19.1. The maximum absolute atomic E-state index is 13.5. The number of hydrogen-bond acceptors (Lipinski definition) is 2. The third kappa shape index (κ3) is 5.78. The minimum atomic E-state index is -0.223. The van der Waals surface area contributed by atoms with Crippen molar-refractivity contribution in [2.75, 3.05) is 26.2 Å². The van der Waals surface area contributed by atoms with E-state index >= 15 is 0 Å². The summed E-state index contributed by atoms with van der Waals surface area (Å²) in [7, 11) is 0. The number of hydrogen-bond donors (Lipinski definition) is 2. The Morgan fingerprint density at radius 1 is 1.38 bits per heavy atom. The van der Waals surface area contributed by atoms with Gasteiger partial charge in [-0.05, 0) is 43.9 Å². The summed E-state index contributed by atoms with van der Waals surface area (Å²) in [6.45, 7) is 9.35. The van der Waals surface area contributed by atoms with Gasteiger partial charge in [-0.1, -0.05) is 26.0 Å². The summed E-state index contributed by atoms with van der Waals surface area (Å²) in [5.74, 6) is 0.603. The van der Waals surface area contributed by atoms with E-state index in [9.17, 15) is 4.39 Å². The lowest BCUT2D eigenvalue weighted by Crippen LogP contribution is -2.39. The van der Waals surface area contributed by atoms with Crippen LogP contribution in [0.15, 0.2) is 29.3 Å². The molecule has 1 saturated heterocycles. The molecule has 0 bridgehead atoms. The zero-order valence-corrected chi connectivity index (χ0v) is 15.1. The molecular formula is C19H30FN3O. The Bertz CT molecular complexity index is 539. The average molecular weight is 335 g/mol. The second-order valence-corrected chi connectivity index (χ2v) is 6.94. The zero-order chi connectivity index (χ0) is 17.4. The standard InChI is InChI=1S/C19H30FN3O/c1-4-21-18(22-11-10-17-9-6-12-24-17)23-14-19(2,3)15-7-5-8-16(20)13-15/h5,7-8,13,17H,4,6,9-12,14H2,1-3H3,(H2,21,22,23). The Balaban J connectivity index is 1.90. The van der Waals surface area contributed by atoms with Crippen molar-refractivity contribution in [1.82, 2.24) is 10.6 Å². The molecule has 1 atom stereocenters. The summed E-state index contributed by atoms with van der Waals surface area (Å²) in [4.78, 5) is 4.69. The minimum Gasteiger partial charge on any atom is -0.378 e. The molecule has 1 unspecified atom stereocenters. The lowest BCUT2D eigenvalue weighted by Gasteiger charge is -2.24. The molecule has 5 heteroatoms. The van der Waals surface area contributed by atoms with Crippen molar-refractivity contribution in [3.05, 3.63) is 35.6 Å².